The van der Waals surface area contributed by atoms with Crippen molar-refractivity contribution >= 4 is 35.2 Å². The quantitative estimate of drug-likeness (QED) is 0.520. The number of anilines is 1. The maximum atomic E-state index is 14.3. The van der Waals surface area contributed by atoms with E-state index < -0.39 is 33.4 Å². The highest BCUT2D eigenvalue weighted by Gasteiger charge is 2.77. The topological polar surface area (TPSA) is 98.7 Å². The summed E-state index contributed by atoms with van der Waals surface area (Å²) in [5.41, 5.74) is 3.65. The van der Waals surface area contributed by atoms with Gasteiger partial charge in [-0.25, -0.2) is 0 Å². The molecule has 3 fully saturated rings. The highest BCUT2D eigenvalue weighted by molar-refractivity contribution is 8.02. The van der Waals surface area contributed by atoms with E-state index in [1.165, 1.54) is 0 Å². The fourth-order valence-electron chi connectivity index (χ4n) is 6.82. The molecule has 3 aliphatic heterocycles. The molecule has 6 atom stereocenters. The molecule has 3 heterocycles. The van der Waals surface area contributed by atoms with Crippen LogP contribution in [0.25, 0.3) is 0 Å². The maximum Gasteiger partial charge on any atom is 0.248 e. The summed E-state index contributed by atoms with van der Waals surface area (Å²) in [5, 5.41) is 16.4. The Morgan fingerprint density at radius 3 is 2.54 bits per heavy atom. The molecule has 3 N–H and O–H groups in total. The lowest BCUT2D eigenvalue weighted by atomic mass is 9.66. The van der Waals surface area contributed by atoms with Crippen LogP contribution in [0, 0.1) is 25.7 Å². The summed E-state index contributed by atoms with van der Waals surface area (Å²) in [4.78, 5) is 43.2. The SMILES string of the molecule is CNC(=O)[C@H]1[C@H]2C(=O)N([C@@H](CO)Cc3ccccc3)C(C(=O)Nc3cc(C)ccc3C)C23CC[C@]1(C)S3. The van der Waals surface area contributed by atoms with Crippen molar-refractivity contribution in [3.8, 4) is 0 Å². The van der Waals surface area contributed by atoms with Crippen LogP contribution in [0.1, 0.15) is 36.5 Å². The van der Waals surface area contributed by atoms with Gasteiger partial charge in [0.25, 0.3) is 0 Å². The van der Waals surface area contributed by atoms with Gasteiger partial charge in [-0.05, 0) is 62.8 Å². The number of nitrogens with one attached hydrogen (secondary N) is 2. The zero-order chi connectivity index (χ0) is 26.5. The fraction of sp³-hybridized carbons (Fsp3) is 0.483. The first-order valence-electron chi connectivity index (χ1n) is 12.9. The van der Waals surface area contributed by atoms with Crippen molar-refractivity contribution in [3.05, 3.63) is 65.2 Å². The summed E-state index contributed by atoms with van der Waals surface area (Å²) in [6.45, 7) is 5.69. The molecule has 37 heavy (non-hydrogen) atoms. The van der Waals surface area contributed by atoms with Crippen LogP contribution in [0.3, 0.4) is 0 Å². The molecule has 196 valence electrons. The van der Waals surface area contributed by atoms with Crippen molar-refractivity contribution in [2.75, 3.05) is 19.0 Å². The summed E-state index contributed by atoms with van der Waals surface area (Å²) < 4.78 is -1.15. The van der Waals surface area contributed by atoms with Crippen LogP contribution in [-0.4, -0.2) is 63.0 Å². The van der Waals surface area contributed by atoms with Gasteiger partial charge >= 0.3 is 0 Å². The monoisotopic (exact) mass is 521 g/mol. The molecule has 1 spiro atoms. The molecule has 2 bridgehead atoms. The summed E-state index contributed by atoms with van der Waals surface area (Å²) in [6.07, 6.45) is 1.84. The number of rotatable bonds is 7. The first kappa shape index (κ1) is 25.8. The Kier molecular flexibility index (Phi) is 6.61. The van der Waals surface area contributed by atoms with Crippen LogP contribution in [0.15, 0.2) is 48.5 Å². The summed E-state index contributed by atoms with van der Waals surface area (Å²) >= 11 is 1.63. The molecule has 0 saturated carbocycles. The predicted octanol–water partition coefficient (Wildman–Crippen LogP) is 3.07. The van der Waals surface area contributed by atoms with Gasteiger partial charge in [-0.1, -0.05) is 42.5 Å². The Balaban J connectivity index is 1.59. The van der Waals surface area contributed by atoms with Crippen LogP contribution in [0.4, 0.5) is 5.69 Å². The number of carbonyl (C=O) groups excluding carboxylic acids is 3. The third-order valence-corrected chi connectivity index (χ3v) is 10.5. The van der Waals surface area contributed by atoms with E-state index in [-0.39, 0.29) is 24.3 Å². The molecule has 3 aliphatic rings. The lowest BCUT2D eigenvalue weighted by Crippen LogP contribution is -2.55. The van der Waals surface area contributed by atoms with E-state index in [0.717, 1.165) is 23.1 Å². The molecule has 5 rings (SSSR count). The van der Waals surface area contributed by atoms with Crippen LogP contribution in [-0.2, 0) is 20.8 Å². The lowest BCUT2D eigenvalue weighted by molar-refractivity contribution is -0.142. The number of amides is 3. The van der Waals surface area contributed by atoms with E-state index in [4.69, 9.17) is 0 Å². The first-order chi connectivity index (χ1) is 17.6. The van der Waals surface area contributed by atoms with Gasteiger partial charge in [0.15, 0.2) is 0 Å². The first-order valence-corrected chi connectivity index (χ1v) is 13.7. The number of aliphatic hydroxyl groups excluding tert-OH is 1. The molecule has 3 amide bonds. The third kappa shape index (κ3) is 4.05. The zero-order valence-electron chi connectivity index (χ0n) is 21.8. The smallest absolute Gasteiger partial charge is 0.248 e. The molecular weight excluding hydrogens is 486 g/mol. The normalized spacial score (nSPS) is 30.8. The number of hydrogen-bond donors (Lipinski definition) is 3. The number of carbonyl (C=O) groups is 3. The highest BCUT2D eigenvalue weighted by atomic mass is 32.2. The number of hydrogen-bond acceptors (Lipinski definition) is 5. The summed E-state index contributed by atoms with van der Waals surface area (Å²) in [6, 6.07) is 14.2. The van der Waals surface area contributed by atoms with Gasteiger partial charge in [0.2, 0.25) is 17.7 Å². The second kappa shape index (κ2) is 9.48. The molecule has 0 radical (unpaired) electrons. The van der Waals surface area contributed by atoms with E-state index in [1.54, 1.807) is 23.7 Å². The van der Waals surface area contributed by atoms with Gasteiger partial charge in [0.1, 0.15) is 6.04 Å². The zero-order valence-corrected chi connectivity index (χ0v) is 22.6. The van der Waals surface area contributed by atoms with E-state index in [0.29, 0.717) is 18.5 Å². The Bertz CT molecular complexity index is 1240. The minimum Gasteiger partial charge on any atom is -0.394 e. The number of nitrogens with zero attached hydrogens (tertiary/aromatic N) is 1. The second-order valence-electron chi connectivity index (χ2n) is 10.9. The van der Waals surface area contributed by atoms with Gasteiger partial charge in [-0.15, -0.1) is 11.8 Å². The molecule has 0 aromatic heterocycles. The Hall–Kier alpha value is -2.84. The highest BCUT2D eigenvalue weighted by Crippen LogP contribution is 2.71. The lowest BCUT2D eigenvalue weighted by Gasteiger charge is -2.37. The number of likely N-dealkylation sites (tertiary alicyclic amines) is 1. The van der Waals surface area contributed by atoms with Crippen LogP contribution >= 0.6 is 11.8 Å². The summed E-state index contributed by atoms with van der Waals surface area (Å²) in [7, 11) is 1.60. The third-order valence-electron chi connectivity index (χ3n) is 8.56. The van der Waals surface area contributed by atoms with E-state index in [1.807, 2.05) is 62.4 Å². The number of fused-ring (bicyclic) bond motifs is 1. The second-order valence-corrected chi connectivity index (χ2v) is 12.8. The number of aryl methyl sites for hydroxylation is 2. The van der Waals surface area contributed by atoms with E-state index in [2.05, 4.69) is 17.6 Å². The van der Waals surface area contributed by atoms with Gasteiger partial charge in [0, 0.05) is 17.5 Å². The molecular formula is C29H35N3O4S. The number of thioether (sulfide) groups is 1. The largest absolute Gasteiger partial charge is 0.394 e. The Labute approximate surface area is 222 Å². The average molecular weight is 522 g/mol. The minimum atomic E-state index is -0.799. The van der Waals surface area contributed by atoms with Crippen LogP contribution in [0.2, 0.25) is 0 Å². The fourth-order valence-corrected chi connectivity index (χ4v) is 9.16. The maximum absolute atomic E-state index is 14.3. The van der Waals surface area contributed by atoms with Crippen molar-refractivity contribution in [2.24, 2.45) is 11.8 Å². The van der Waals surface area contributed by atoms with Gasteiger partial charge < -0.3 is 20.6 Å². The standard InChI is InChI=1S/C29H35N3O4S/c1-17-10-11-18(2)21(14-17)31-26(35)24-29-13-12-28(3,37-29)22(25(34)30-4)23(29)27(36)32(24)20(16-33)15-19-8-6-5-7-9-19/h5-11,14,20,22-24,33H,12-13,15-16H2,1-4H3,(H,30,34)(H,31,35)/t20-,22-,23+,24?,28+,29?/m1/s1. The molecule has 2 aromatic carbocycles. The van der Waals surface area contributed by atoms with Gasteiger partial charge in [0.05, 0.1) is 29.2 Å². The molecule has 7 nitrogen and oxygen atoms in total. The Morgan fingerprint density at radius 2 is 1.86 bits per heavy atom. The van der Waals surface area contributed by atoms with E-state index >= 15 is 0 Å². The van der Waals surface area contributed by atoms with Crippen molar-refractivity contribution in [2.45, 2.75) is 61.6 Å². The van der Waals surface area contributed by atoms with Crippen molar-refractivity contribution in [1.82, 2.24) is 10.2 Å². The van der Waals surface area contributed by atoms with Crippen LogP contribution < -0.4 is 10.6 Å². The van der Waals surface area contributed by atoms with Crippen molar-refractivity contribution < 1.29 is 19.5 Å². The van der Waals surface area contributed by atoms with Crippen molar-refractivity contribution in [1.29, 1.82) is 0 Å². The molecule has 0 aliphatic carbocycles. The summed E-state index contributed by atoms with van der Waals surface area (Å²) in [5.74, 6) is -1.77. The Morgan fingerprint density at radius 1 is 1.14 bits per heavy atom. The van der Waals surface area contributed by atoms with Gasteiger partial charge in [-0.2, -0.15) is 0 Å². The van der Waals surface area contributed by atoms with Crippen LogP contribution in [0.5, 0.6) is 0 Å². The number of benzene rings is 2. The minimum absolute atomic E-state index is 0.158. The molecule has 2 unspecified atom stereocenters. The molecule has 2 aromatic rings. The average Bonchev–Trinajstić information content (AvgIpc) is 3.45. The van der Waals surface area contributed by atoms with Gasteiger partial charge in [-0.3, -0.25) is 14.4 Å². The van der Waals surface area contributed by atoms with E-state index in [9.17, 15) is 19.5 Å². The molecule has 8 heteroatoms. The molecule has 3 saturated heterocycles. The predicted molar refractivity (Wildman–Crippen MR) is 145 cm³/mol. The number of aliphatic hydroxyl groups is 1. The van der Waals surface area contributed by atoms with Crippen molar-refractivity contribution in [3.63, 3.8) is 0 Å².